The van der Waals surface area contributed by atoms with Crippen LogP contribution in [-0.2, 0) is 6.42 Å². The summed E-state index contributed by atoms with van der Waals surface area (Å²) in [6.45, 7) is 3.92. The van der Waals surface area contributed by atoms with E-state index in [1.807, 2.05) is 30.5 Å². The fraction of sp³-hybridized carbons (Fsp3) is 0.188. The molecule has 0 amide bonds. The summed E-state index contributed by atoms with van der Waals surface area (Å²) >= 11 is 1.78. The smallest absolute Gasteiger partial charge is 0.0965 e. The Labute approximate surface area is 113 Å². The van der Waals surface area contributed by atoms with Crippen molar-refractivity contribution in [3.8, 4) is 0 Å². The lowest BCUT2D eigenvalue weighted by molar-refractivity contribution is 0.855. The number of benzene rings is 1. The summed E-state index contributed by atoms with van der Waals surface area (Å²) in [4.78, 5) is 4.34. The molecule has 0 bridgehead atoms. The Morgan fingerprint density at radius 2 is 1.89 bits per heavy atom. The van der Waals surface area contributed by atoms with Crippen LogP contribution in [-0.4, -0.2) is 10.2 Å². The quantitative estimate of drug-likeness (QED) is 0.562. The SMILES string of the molecule is C=CC(CCc1ccccc1)Sc1ccccn1. The molecule has 2 aromatic rings. The Morgan fingerprint density at radius 3 is 2.56 bits per heavy atom. The van der Waals surface area contributed by atoms with Crippen LogP contribution in [0.2, 0.25) is 0 Å². The van der Waals surface area contributed by atoms with Crippen molar-refractivity contribution in [2.75, 3.05) is 0 Å². The van der Waals surface area contributed by atoms with Crippen molar-refractivity contribution in [1.82, 2.24) is 4.98 Å². The molecular formula is C16H17NS. The van der Waals surface area contributed by atoms with Crippen molar-refractivity contribution in [3.63, 3.8) is 0 Å². The Hall–Kier alpha value is -1.54. The molecule has 2 rings (SSSR count). The molecule has 92 valence electrons. The third-order valence-corrected chi connectivity index (χ3v) is 3.95. The van der Waals surface area contributed by atoms with Crippen molar-refractivity contribution in [2.24, 2.45) is 0 Å². The van der Waals surface area contributed by atoms with Gasteiger partial charge in [-0.15, -0.1) is 6.58 Å². The van der Waals surface area contributed by atoms with Crippen LogP contribution >= 0.6 is 11.8 Å². The standard InChI is InChI=1S/C16H17NS/c1-2-15(18-16-10-6-7-13-17-16)12-11-14-8-4-3-5-9-14/h2-10,13,15H,1,11-12H2. The summed E-state index contributed by atoms with van der Waals surface area (Å²) in [5, 5.41) is 1.48. The molecule has 1 nitrogen and oxygen atoms in total. The molecule has 1 unspecified atom stereocenters. The van der Waals surface area contributed by atoms with Gasteiger partial charge in [-0.25, -0.2) is 4.98 Å². The van der Waals surface area contributed by atoms with Crippen molar-refractivity contribution < 1.29 is 0 Å². The predicted molar refractivity (Wildman–Crippen MR) is 78.8 cm³/mol. The zero-order valence-corrected chi connectivity index (χ0v) is 11.1. The number of thioether (sulfide) groups is 1. The van der Waals surface area contributed by atoms with Crippen LogP contribution in [0.1, 0.15) is 12.0 Å². The highest BCUT2D eigenvalue weighted by atomic mass is 32.2. The third-order valence-electron chi connectivity index (χ3n) is 2.73. The minimum atomic E-state index is 0.417. The second-order valence-electron chi connectivity index (χ2n) is 4.08. The minimum absolute atomic E-state index is 0.417. The maximum absolute atomic E-state index is 4.34. The highest BCUT2D eigenvalue weighted by Gasteiger charge is 2.07. The zero-order chi connectivity index (χ0) is 12.6. The first-order valence-corrected chi connectivity index (χ1v) is 7.00. The molecule has 0 fully saturated rings. The molecule has 0 spiro atoms. The van der Waals surface area contributed by atoms with Crippen LogP contribution in [0.4, 0.5) is 0 Å². The molecule has 2 heteroatoms. The second kappa shape index (κ2) is 7.02. The summed E-state index contributed by atoms with van der Waals surface area (Å²) in [5.41, 5.74) is 1.38. The molecule has 1 aromatic heterocycles. The van der Waals surface area contributed by atoms with E-state index < -0.39 is 0 Å². The molecule has 0 radical (unpaired) electrons. The van der Waals surface area contributed by atoms with E-state index in [4.69, 9.17) is 0 Å². The first-order chi connectivity index (χ1) is 8.88. The fourth-order valence-electron chi connectivity index (χ4n) is 1.75. The summed E-state index contributed by atoms with van der Waals surface area (Å²) < 4.78 is 0. The van der Waals surface area contributed by atoms with Gasteiger partial charge in [0.2, 0.25) is 0 Å². The zero-order valence-electron chi connectivity index (χ0n) is 10.3. The van der Waals surface area contributed by atoms with Gasteiger partial charge in [0.25, 0.3) is 0 Å². The predicted octanol–water partition coefficient (Wildman–Crippen LogP) is 4.36. The fourth-order valence-corrected chi connectivity index (χ4v) is 2.67. The minimum Gasteiger partial charge on any atom is -0.250 e. The molecule has 0 saturated carbocycles. The molecule has 0 N–H and O–H groups in total. The van der Waals surface area contributed by atoms with E-state index in [0.29, 0.717) is 5.25 Å². The lowest BCUT2D eigenvalue weighted by Gasteiger charge is -2.11. The van der Waals surface area contributed by atoms with Gasteiger partial charge < -0.3 is 0 Å². The number of hydrogen-bond acceptors (Lipinski definition) is 2. The Bertz CT molecular complexity index is 467. The van der Waals surface area contributed by atoms with Crippen molar-refractivity contribution in [1.29, 1.82) is 0 Å². The van der Waals surface area contributed by atoms with Gasteiger partial charge in [-0.2, -0.15) is 0 Å². The van der Waals surface area contributed by atoms with E-state index in [9.17, 15) is 0 Å². The molecule has 0 aliphatic heterocycles. The van der Waals surface area contributed by atoms with E-state index in [1.165, 1.54) is 5.56 Å². The van der Waals surface area contributed by atoms with Gasteiger partial charge in [-0.3, -0.25) is 0 Å². The largest absolute Gasteiger partial charge is 0.250 e. The maximum Gasteiger partial charge on any atom is 0.0965 e. The third kappa shape index (κ3) is 4.04. The normalized spacial score (nSPS) is 12.0. The van der Waals surface area contributed by atoms with E-state index >= 15 is 0 Å². The van der Waals surface area contributed by atoms with Gasteiger partial charge in [0.15, 0.2) is 0 Å². The Balaban J connectivity index is 1.88. The maximum atomic E-state index is 4.34. The number of pyridine rings is 1. The van der Waals surface area contributed by atoms with Crippen LogP contribution in [0.15, 0.2) is 72.4 Å². The number of hydrogen-bond donors (Lipinski definition) is 0. The number of aryl methyl sites for hydroxylation is 1. The van der Waals surface area contributed by atoms with Gasteiger partial charge in [-0.1, -0.05) is 54.2 Å². The molecule has 0 aliphatic rings. The van der Waals surface area contributed by atoms with Crippen LogP contribution in [0.25, 0.3) is 0 Å². The molecule has 1 heterocycles. The average Bonchev–Trinajstić information content (AvgIpc) is 2.45. The van der Waals surface area contributed by atoms with Crippen LogP contribution in [0.5, 0.6) is 0 Å². The molecule has 1 atom stereocenters. The molecule has 0 saturated heterocycles. The number of rotatable bonds is 6. The van der Waals surface area contributed by atoms with E-state index in [1.54, 1.807) is 11.8 Å². The van der Waals surface area contributed by atoms with Crippen molar-refractivity contribution >= 4 is 11.8 Å². The monoisotopic (exact) mass is 255 g/mol. The first kappa shape index (κ1) is 12.9. The van der Waals surface area contributed by atoms with Crippen molar-refractivity contribution in [2.45, 2.75) is 23.1 Å². The van der Waals surface area contributed by atoms with Gasteiger partial charge in [-0.05, 0) is 30.5 Å². The summed E-state index contributed by atoms with van der Waals surface area (Å²) in [6.07, 6.45) is 6.02. The van der Waals surface area contributed by atoms with Crippen LogP contribution in [0.3, 0.4) is 0 Å². The van der Waals surface area contributed by atoms with Gasteiger partial charge in [0.1, 0.15) is 0 Å². The number of aromatic nitrogens is 1. The average molecular weight is 255 g/mol. The molecule has 1 aromatic carbocycles. The van der Waals surface area contributed by atoms with E-state index in [-0.39, 0.29) is 0 Å². The number of nitrogens with zero attached hydrogens (tertiary/aromatic N) is 1. The first-order valence-electron chi connectivity index (χ1n) is 6.12. The Kier molecular flexibility index (Phi) is 5.03. The molecule has 18 heavy (non-hydrogen) atoms. The highest BCUT2D eigenvalue weighted by molar-refractivity contribution is 8.00. The van der Waals surface area contributed by atoms with Gasteiger partial charge in [0.05, 0.1) is 5.03 Å². The topological polar surface area (TPSA) is 12.9 Å². The van der Waals surface area contributed by atoms with E-state index in [2.05, 4.69) is 41.9 Å². The molecular weight excluding hydrogens is 238 g/mol. The highest BCUT2D eigenvalue weighted by Crippen LogP contribution is 2.25. The van der Waals surface area contributed by atoms with Gasteiger partial charge in [0, 0.05) is 11.4 Å². The van der Waals surface area contributed by atoms with Crippen molar-refractivity contribution in [3.05, 3.63) is 72.9 Å². The lowest BCUT2D eigenvalue weighted by Crippen LogP contribution is -2.01. The summed E-state index contributed by atoms with van der Waals surface area (Å²) in [7, 11) is 0. The molecule has 0 aliphatic carbocycles. The Morgan fingerprint density at radius 1 is 1.11 bits per heavy atom. The van der Waals surface area contributed by atoms with Crippen LogP contribution < -0.4 is 0 Å². The summed E-state index contributed by atoms with van der Waals surface area (Å²) in [5.74, 6) is 0. The van der Waals surface area contributed by atoms with E-state index in [0.717, 1.165) is 17.9 Å². The lowest BCUT2D eigenvalue weighted by atomic mass is 10.1. The second-order valence-corrected chi connectivity index (χ2v) is 5.34. The summed E-state index contributed by atoms with van der Waals surface area (Å²) in [6, 6.07) is 16.6. The van der Waals surface area contributed by atoms with Gasteiger partial charge >= 0.3 is 0 Å². The van der Waals surface area contributed by atoms with Crippen LogP contribution in [0, 0.1) is 0 Å².